The molecule has 0 aromatic heterocycles. The minimum Gasteiger partial charge on any atom is -0.379 e. The lowest BCUT2D eigenvalue weighted by Gasteiger charge is -2.28. The summed E-state index contributed by atoms with van der Waals surface area (Å²) in [6, 6.07) is 0. The molecular formula is C14H22ClN3O6S3. The quantitative estimate of drug-likeness (QED) is 0.562. The lowest BCUT2D eigenvalue weighted by atomic mass is 10.0. The van der Waals surface area contributed by atoms with Crippen molar-refractivity contribution in [2.75, 3.05) is 39.4 Å². The summed E-state index contributed by atoms with van der Waals surface area (Å²) in [5.74, 6) is -0.272. The average molecular weight is 460 g/mol. The van der Waals surface area contributed by atoms with Crippen molar-refractivity contribution in [1.29, 1.82) is 0 Å². The van der Waals surface area contributed by atoms with Crippen LogP contribution in [-0.2, 0) is 29.4 Å². The molecule has 0 bridgehead atoms. The van der Waals surface area contributed by atoms with Crippen LogP contribution in [0.25, 0.3) is 0 Å². The van der Waals surface area contributed by atoms with E-state index in [2.05, 4.69) is 10.2 Å². The smallest absolute Gasteiger partial charge is 0.249 e. The standard InChI is InChI=1S/C14H21N3O6S3.ClH/c1-14(13(18)16-2-3-17-4-6-23-7-5-17)9-10-8-11(26(15,21)22)25(19,20)12(10)24-14;/h8H,2-7,9H2,1H3,(H,16,18)(H2,15,21,22);1H. The molecule has 0 aromatic carbocycles. The fraction of sp³-hybridized carbons (Fsp3) is 0.643. The Morgan fingerprint density at radius 1 is 1.41 bits per heavy atom. The Kier molecular flexibility index (Phi) is 6.72. The predicted octanol–water partition coefficient (Wildman–Crippen LogP) is -0.478. The van der Waals surface area contributed by atoms with Crippen LogP contribution in [0.15, 0.2) is 20.1 Å². The second-order valence-corrected chi connectivity index (χ2v) is 12.0. The van der Waals surface area contributed by atoms with Gasteiger partial charge in [0.15, 0.2) is 4.24 Å². The zero-order valence-electron chi connectivity index (χ0n) is 14.6. The fourth-order valence-corrected chi connectivity index (χ4v) is 8.31. The first kappa shape index (κ1) is 22.7. The molecule has 1 atom stereocenters. The van der Waals surface area contributed by atoms with Crippen molar-refractivity contribution >= 4 is 49.9 Å². The molecular weight excluding hydrogens is 438 g/mol. The zero-order valence-corrected chi connectivity index (χ0v) is 17.9. The van der Waals surface area contributed by atoms with E-state index in [0.29, 0.717) is 31.9 Å². The topological polar surface area (TPSA) is 136 Å². The third-order valence-electron chi connectivity index (χ3n) is 4.49. The molecule has 0 saturated carbocycles. The van der Waals surface area contributed by atoms with Gasteiger partial charge in [-0.1, -0.05) is 11.8 Å². The van der Waals surface area contributed by atoms with Gasteiger partial charge in [-0.2, -0.15) is 0 Å². The van der Waals surface area contributed by atoms with Gasteiger partial charge in [-0.25, -0.2) is 22.0 Å². The lowest BCUT2D eigenvalue weighted by Crippen LogP contribution is -2.46. The number of hydrogen-bond donors (Lipinski definition) is 2. The highest BCUT2D eigenvalue weighted by atomic mass is 35.5. The molecule has 1 unspecified atom stereocenters. The SMILES string of the molecule is CC1(C(=O)NCCN2CCOCC2)CC2=C(S1)S(=O)(=O)C(S(N)(=O)=O)=C2.Cl. The van der Waals surface area contributed by atoms with Crippen LogP contribution in [-0.4, -0.2) is 71.8 Å². The normalized spacial score (nSPS) is 27.7. The molecule has 3 aliphatic rings. The summed E-state index contributed by atoms with van der Waals surface area (Å²) >= 11 is 0.878. The number of sulfone groups is 1. The number of sulfonamides is 1. The molecule has 3 aliphatic heterocycles. The second-order valence-electron chi connectivity index (χ2n) is 6.54. The number of primary sulfonamides is 1. The highest BCUT2D eigenvalue weighted by Gasteiger charge is 2.50. The van der Waals surface area contributed by atoms with Crippen molar-refractivity contribution in [3.8, 4) is 0 Å². The highest BCUT2D eigenvalue weighted by Crippen LogP contribution is 2.54. The number of thioether (sulfide) groups is 1. The van der Waals surface area contributed by atoms with E-state index in [1.807, 2.05) is 0 Å². The number of carbonyl (C=O) groups is 1. The van der Waals surface area contributed by atoms with E-state index in [-0.39, 0.29) is 29.0 Å². The van der Waals surface area contributed by atoms with Crippen molar-refractivity contribution in [3.05, 3.63) is 20.1 Å². The predicted molar refractivity (Wildman–Crippen MR) is 105 cm³/mol. The highest BCUT2D eigenvalue weighted by molar-refractivity contribution is 8.26. The molecule has 3 N–H and O–H groups in total. The average Bonchev–Trinajstić information content (AvgIpc) is 3.02. The number of halogens is 1. The van der Waals surface area contributed by atoms with E-state index in [1.165, 1.54) is 0 Å². The van der Waals surface area contributed by atoms with Crippen LogP contribution in [0, 0.1) is 0 Å². The molecule has 1 amide bonds. The molecule has 154 valence electrons. The Morgan fingerprint density at radius 3 is 2.59 bits per heavy atom. The molecule has 9 nitrogen and oxygen atoms in total. The molecule has 13 heteroatoms. The van der Waals surface area contributed by atoms with Crippen molar-refractivity contribution < 1.29 is 26.4 Å². The van der Waals surface area contributed by atoms with E-state index < -0.39 is 28.8 Å². The molecule has 1 saturated heterocycles. The second kappa shape index (κ2) is 8.01. The van der Waals surface area contributed by atoms with Gasteiger partial charge in [-0.3, -0.25) is 9.69 Å². The molecule has 0 radical (unpaired) electrons. The zero-order chi connectivity index (χ0) is 19.2. The Balaban J connectivity index is 0.00000261. The van der Waals surface area contributed by atoms with Crippen LogP contribution < -0.4 is 10.5 Å². The van der Waals surface area contributed by atoms with Gasteiger partial charge < -0.3 is 10.1 Å². The van der Waals surface area contributed by atoms with Gasteiger partial charge in [-0.15, -0.1) is 12.4 Å². The third kappa shape index (κ3) is 4.52. The van der Waals surface area contributed by atoms with Gasteiger partial charge in [0.2, 0.25) is 25.8 Å². The summed E-state index contributed by atoms with van der Waals surface area (Å²) in [4.78, 5) is 14.7. The molecule has 3 heterocycles. The van der Waals surface area contributed by atoms with Crippen LogP contribution in [0.1, 0.15) is 13.3 Å². The molecule has 3 rings (SSSR count). The minimum atomic E-state index is -4.33. The number of amides is 1. The van der Waals surface area contributed by atoms with Crippen LogP contribution in [0.3, 0.4) is 0 Å². The van der Waals surface area contributed by atoms with Gasteiger partial charge in [0.1, 0.15) is 8.98 Å². The number of nitrogens with zero attached hydrogens (tertiary/aromatic N) is 1. The summed E-state index contributed by atoms with van der Waals surface area (Å²) in [7, 11) is -8.51. The maximum Gasteiger partial charge on any atom is 0.249 e. The maximum atomic E-state index is 12.6. The van der Waals surface area contributed by atoms with Crippen molar-refractivity contribution in [2.45, 2.75) is 18.1 Å². The summed E-state index contributed by atoms with van der Waals surface area (Å²) in [6.07, 6.45) is 1.20. The van der Waals surface area contributed by atoms with E-state index in [1.54, 1.807) is 6.92 Å². The van der Waals surface area contributed by atoms with E-state index in [4.69, 9.17) is 9.88 Å². The first-order valence-corrected chi connectivity index (χ1v) is 11.9. The van der Waals surface area contributed by atoms with Crippen molar-refractivity contribution in [1.82, 2.24) is 10.2 Å². The van der Waals surface area contributed by atoms with Crippen molar-refractivity contribution in [3.63, 3.8) is 0 Å². The first-order chi connectivity index (χ1) is 12.0. The Hall–Kier alpha value is -0.630. The fourth-order valence-electron chi connectivity index (χ4n) is 3.09. The lowest BCUT2D eigenvalue weighted by molar-refractivity contribution is -0.123. The molecule has 0 aliphatic carbocycles. The van der Waals surface area contributed by atoms with E-state index >= 15 is 0 Å². The third-order valence-corrected chi connectivity index (χ3v) is 10.1. The van der Waals surface area contributed by atoms with Gasteiger partial charge in [-0.05, 0) is 25.0 Å². The van der Waals surface area contributed by atoms with Crippen LogP contribution in [0.4, 0.5) is 0 Å². The monoisotopic (exact) mass is 459 g/mol. The molecule has 27 heavy (non-hydrogen) atoms. The van der Waals surface area contributed by atoms with Gasteiger partial charge >= 0.3 is 0 Å². The first-order valence-electron chi connectivity index (χ1n) is 8.04. The molecule has 0 aromatic rings. The van der Waals surface area contributed by atoms with Crippen LogP contribution in [0.2, 0.25) is 0 Å². The van der Waals surface area contributed by atoms with Crippen molar-refractivity contribution in [2.24, 2.45) is 5.14 Å². The number of carbonyl (C=O) groups excluding carboxylic acids is 1. The largest absolute Gasteiger partial charge is 0.379 e. The van der Waals surface area contributed by atoms with E-state index in [0.717, 1.165) is 30.9 Å². The maximum absolute atomic E-state index is 12.6. The minimum absolute atomic E-state index is 0. The Labute approximate surface area is 169 Å². The molecule has 0 spiro atoms. The number of nitrogens with one attached hydrogen (secondary N) is 1. The Bertz CT molecular complexity index is 893. The van der Waals surface area contributed by atoms with Gasteiger partial charge in [0.25, 0.3) is 0 Å². The number of rotatable bonds is 5. The number of allylic oxidation sites excluding steroid dienone is 2. The summed E-state index contributed by atoms with van der Waals surface area (Å²) in [5.41, 5.74) is 0.324. The number of morpholine rings is 1. The number of hydrogen-bond acceptors (Lipinski definition) is 8. The number of nitrogens with two attached hydrogens (primary N) is 1. The number of ether oxygens (including phenoxy) is 1. The Morgan fingerprint density at radius 2 is 2.04 bits per heavy atom. The summed E-state index contributed by atoms with van der Waals surface area (Å²) in [6.45, 7) is 5.78. The summed E-state index contributed by atoms with van der Waals surface area (Å²) in [5, 5.41) is 7.82. The van der Waals surface area contributed by atoms with Gasteiger partial charge in [0, 0.05) is 26.2 Å². The van der Waals surface area contributed by atoms with Gasteiger partial charge in [0.05, 0.1) is 13.2 Å². The molecule has 1 fully saturated rings. The van der Waals surface area contributed by atoms with Crippen LogP contribution in [0.5, 0.6) is 0 Å². The van der Waals surface area contributed by atoms with E-state index in [9.17, 15) is 21.6 Å². The summed E-state index contributed by atoms with van der Waals surface area (Å²) < 4.78 is 51.1. The van der Waals surface area contributed by atoms with Crippen LogP contribution >= 0.6 is 24.2 Å².